The average molecular weight is 421 g/mol. The van der Waals surface area contributed by atoms with Gasteiger partial charge in [0.05, 0.1) is 18.1 Å². The molecule has 2 aromatic heterocycles. The van der Waals surface area contributed by atoms with Gasteiger partial charge >= 0.3 is 0 Å². The molecule has 3 aromatic rings. The zero-order valence-corrected chi connectivity index (χ0v) is 18.5. The van der Waals surface area contributed by atoms with Gasteiger partial charge in [0.15, 0.2) is 11.6 Å². The second kappa shape index (κ2) is 10.2. The van der Waals surface area contributed by atoms with E-state index in [0.717, 1.165) is 48.4 Å². The molecule has 1 aromatic carbocycles. The lowest BCUT2D eigenvalue weighted by Crippen LogP contribution is -2.46. The molecule has 0 bridgehead atoms. The van der Waals surface area contributed by atoms with E-state index in [-0.39, 0.29) is 0 Å². The Morgan fingerprint density at radius 1 is 1.16 bits per heavy atom. The molecule has 31 heavy (non-hydrogen) atoms. The van der Waals surface area contributed by atoms with Crippen LogP contribution in [-0.4, -0.2) is 63.3 Å². The number of piperidine rings is 1. The lowest BCUT2D eigenvalue weighted by atomic mass is 9.90. The van der Waals surface area contributed by atoms with Gasteiger partial charge in [0.2, 0.25) is 0 Å². The van der Waals surface area contributed by atoms with E-state index >= 15 is 0 Å². The number of guanidine groups is 1. The predicted octanol–water partition coefficient (Wildman–Crippen LogP) is 2.70. The van der Waals surface area contributed by atoms with Gasteiger partial charge in [-0.3, -0.25) is 9.67 Å². The number of hydrogen-bond acceptors (Lipinski definition) is 5. The van der Waals surface area contributed by atoms with E-state index in [1.54, 1.807) is 17.2 Å². The van der Waals surface area contributed by atoms with E-state index < -0.39 is 0 Å². The molecule has 0 aliphatic carbocycles. The number of hydrogen-bond donors (Lipinski definition) is 2. The second-order valence-corrected chi connectivity index (χ2v) is 8.01. The number of nitrogens with zero attached hydrogens (tertiary/aromatic N) is 6. The fraction of sp³-hybridized carbons (Fsp3) is 0.478. The van der Waals surface area contributed by atoms with E-state index in [1.165, 1.54) is 24.8 Å². The summed E-state index contributed by atoms with van der Waals surface area (Å²) < 4.78 is 1.75. The number of nitrogens with one attached hydrogen (secondary N) is 2. The quantitative estimate of drug-likeness (QED) is 0.347. The summed E-state index contributed by atoms with van der Waals surface area (Å²) in [4.78, 5) is 15.9. The highest BCUT2D eigenvalue weighted by atomic mass is 15.3. The highest BCUT2D eigenvalue weighted by Gasteiger charge is 2.21. The third-order valence-electron chi connectivity index (χ3n) is 5.81. The summed E-state index contributed by atoms with van der Waals surface area (Å²) in [6.45, 7) is 6.49. The molecule has 2 N–H and O–H groups in total. The predicted molar refractivity (Wildman–Crippen MR) is 125 cm³/mol. The van der Waals surface area contributed by atoms with E-state index in [4.69, 9.17) is 4.99 Å². The zero-order chi connectivity index (χ0) is 21.5. The van der Waals surface area contributed by atoms with Gasteiger partial charge in [-0.1, -0.05) is 30.3 Å². The molecule has 3 heterocycles. The first-order valence-electron chi connectivity index (χ1n) is 11.2. The number of rotatable bonds is 7. The maximum Gasteiger partial charge on any atom is 0.193 e. The Labute approximate surface area is 183 Å². The Balaban J connectivity index is 1.29. The maximum absolute atomic E-state index is 4.85. The van der Waals surface area contributed by atoms with Gasteiger partial charge in [0.1, 0.15) is 12.1 Å². The SMILES string of the molecule is CCNC(=NCCNc1ncnc2c1cnn2C)N1CCC(Cc2ccccc2)CC1. The number of anilines is 1. The fourth-order valence-corrected chi connectivity index (χ4v) is 4.16. The first-order valence-corrected chi connectivity index (χ1v) is 11.2. The lowest BCUT2D eigenvalue weighted by Gasteiger charge is -2.34. The minimum atomic E-state index is 0.679. The number of fused-ring (bicyclic) bond motifs is 1. The molecule has 0 radical (unpaired) electrons. The summed E-state index contributed by atoms with van der Waals surface area (Å²) in [6.07, 6.45) is 6.95. The van der Waals surface area contributed by atoms with Crippen molar-refractivity contribution in [1.29, 1.82) is 0 Å². The highest BCUT2D eigenvalue weighted by Crippen LogP contribution is 2.22. The molecule has 8 nitrogen and oxygen atoms in total. The average Bonchev–Trinajstić information content (AvgIpc) is 3.19. The van der Waals surface area contributed by atoms with Crippen molar-refractivity contribution in [3.05, 3.63) is 48.4 Å². The van der Waals surface area contributed by atoms with Crippen molar-refractivity contribution >= 4 is 22.8 Å². The van der Waals surface area contributed by atoms with Crippen LogP contribution < -0.4 is 10.6 Å². The molecule has 164 valence electrons. The van der Waals surface area contributed by atoms with Crippen molar-refractivity contribution in [3.63, 3.8) is 0 Å². The van der Waals surface area contributed by atoms with Gasteiger partial charge in [0, 0.05) is 33.2 Å². The molecule has 0 spiro atoms. The van der Waals surface area contributed by atoms with Crippen molar-refractivity contribution in [1.82, 2.24) is 30.0 Å². The summed E-state index contributed by atoms with van der Waals surface area (Å²) in [6, 6.07) is 10.8. The minimum absolute atomic E-state index is 0.679. The number of aryl methyl sites for hydroxylation is 1. The first-order chi connectivity index (χ1) is 15.2. The van der Waals surface area contributed by atoms with Crippen LogP contribution >= 0.6 is 0 Å². The van der Waals surface area contributed by atoms with Crippen LogP contribution in [0.4, 0.5) is 5.82 Å². The van der Waals surface area contributed by atoms with Crippen LogP contribution in [-0.2, 0) is 13.5 Å². The molecule has 1 saturated heterocycles. The van der Waals surface area contributed by atoms with Crippen molar-refractivity contribution in [2.24, 2.45) is 18.0 Å². The molecule has 1 aliphatic rings. The third kappa shape index (κ3) is 5.31. The van der Waals surface area contributed by atoms with E-state index in [9.17, 15) is 0 Å². The molecule has 1 fully saturated rings. The molecule has 4 rings (SSSR count). The Kier molecular flexibility index (Phi) is 6.96. The van der Waals surface area contributed by atoms with E-state index in [1.807, 2.05) is 7.05 Å². The van der Waals surface area contributed by atoms with Crippen LogP contribution in [0.2, 0.25) is 0 Å². The maximum atomic E-state index is 4.85. The number of aromatic nitrogens is 4. The summed E-state index contributed by atoms with van der Waals surface area (Å²) in [5.74, 6) is 2.57. The smallest absolute Gasteiger partial charge is 0.193 e. The van der Waals surface area contributed by atoms with Gasteiger partial charge in [-0.05, 0) is 37.7 Å². The molecule has 1 aliphatic heterocycles. The van der Waals surface area contributed by atoms with Crippen molar-refractivity contribution in [2.75, 3.05) is 38.0 Å². The number of benzene rings is 1. The van der Waals surface area contributed by atoms with Gasteiger partial charge in [-0.2, -0.15) is 5.10 Å². The fourth-order valence-electron chi connectivity index (χ4n) is 4.16. The monoisotopic (exact) mass is 420 g/mol. The van der Waals surface area contributed by atoms with Gasteiger partial charge in [-0.15, -0.1) is 0 Å². The molecule has 8 heteroatoms. The second-order valence-electron chi connectivity index (χ2n) is 8.01. The van der Waals surface area contributed by atoms with Crippen LogP contribution in [0.25, 0.3) is 11.0 Å². The minimum Gasteiger partial charge on any atom is -0.367 e. The molecule has 0 amide bonds. The number of likely N-dealkylation sites (tertiary alicyclic amines) is 1. The van der Waals surface area contributed by atoms with Crippen LogP contribution in [0.15, 0.2) is 47.8 Å². The van der Waals surface area contributed by atoms with E-state index in [0.29, 0.717) is 13.1 Å². The molecule has 0 unspecified atom stereocenters. The molecule has 0 saturated carbocycles. The largest absolute Gasteiger partial charge is 0.367 e. The van der Waals surface area contributed by atoms with Crippen LogP contribution in [0.3, 0.4) is 0 Å². The van der Waals surface area contributed by atoms with Crippen molar-refractivity contribution < 1.29 is 0 Å². The first kappa shape index (κ1) is 21.1. The Morgan fingerprint density at radius 2 is 1.97 bits per heavy atom. The topological polar surface area (TPSA) is 83.3 Å². The van der Waals surface area contributed by atoms with Crippen LogP contribution in [0, 0.1) is 5.92 Å². The van der Waals surface area contributed by atoms with E-state index in [2.05, 4.69) is 67.9 Å². The normalized spacial score (nSPS) is 15.4. The Bertz CT molecular complexity index is 989. The zero-order valence-electron chi connectivity index (χ0n) is 18.5. The van der Waals surface area contributed by atoms with Crippen molar-refractivity contribution in [2.45, 2.75) is 26.2 Å². The number of aliphatic imine (C=N–C) groups is 1. The molecule has 0 atom stereocenters. The van der Waals surface area contributed by atoms with Crippen LogP contribution in [0.5, 0.6) is 0 Å². The van der Waals surface area contributed by atoms with Gasteiger partial charge in [-0.25, -0.2) is 9.97 Å². The Morgan fingerprint density at radius 3 is 2.74 bits per heavy atom. The Hall–Kier alpha value is -3.16. The third-order valence-corrected chi connectivity index (χ3v) is 5.81. The highest BCUT2D eigenvalue weighted by molar-refractivity contribution is 5.86. The summed E-state index contributed by atoms with van der Waals surface area (Å²) in [7, 11) is 1.88. The van der Waals surface area contributed by atoms with Crippen molar-refractivity contribution in [3.8, 4) is 0 Å². The lowest BCUT2D eigenvalue weighted by molar-refractivity contribution is 0.259. The van der Waals surface area contributed by atoms with Gasteiger partial charge in [0.25, 0.3) is 0 Å². The molecular formula is C23H32N8. The standard InChI is InChI=1S/C23H32N8/c1-3-24-23(31-13-9-19(10-14-31)15-18-7-5-4-6-8-18)26-12-11-25-21-20-16-29-30(2)22(20)28-17-27-21/h4-8,16-17,19H,3,9-15H2,1-2H3,(H,24,26)(H,25,27,28). The van der Waals surface area contributed by atoms with Gasteiger partial charge < -0.3 is 15.5 Å². The summed E-state index contributed by atoms with van der Waals surface area (Å²) in [5, 5.41) is 12.0. The van der Waals surface area contributed by atoms with Crippen LogP contribution in [0.1, 0.15) is 25.3 Å². The molecular weight excluding hydrogens is 388 g/mol. The summed E-state index contributed by atoms with van der Waals surface area (Å²) in [5.41, 5.74) is 2.27. The summed E-state index contributed by atoms with van der Waals surface area (Å²) >= 11 is 0.